The largest absolute Gasteiger partial charge is 0.502 e. The highest BCUT2D eigenvalue weighted by Crippen LogP contribution is 2.30. The van der Waals surface area contributed by atoms with Gasteiger partial charge in [-0.1, -0.05) is 48.2 Å². The lowest BCUT2D eigenvalue weighted by Crippen LogP contribution is -1.98. The van der Waals surface area contributed by atoms with Crippen LogP contribution >= 0.6 is 11.8 Å². The van der Waals surface area contributed by atoms with Gasteiger partial charge in [0.1, 0.15) is 12.0 Å². The van der Waals surface area contributed by atoms with Crippen LogP contribution in [0.4, 0.5) is 0 Å². The van der Waals surface area contributed by atoms with E-state index in [1.54, 1.807) is 0 Å². The van der Waals surface area contributed by atoms with Gasteiger partial charge >= 0.3 is 0 Å². The van der Waals surface area contributed by atoms with Gasteiger partial charge in [0.05, 0.1) is 5.75 Å². The highest BCUT2D eigenvalue weighted by molar-refractivity contribution is 7.98. The first kappa shape index (κ1) is 15.5. The number of aromatic hydroxyl groups is 1. The Morgan fingerprint density at radius 1 is 1.08 bits per heavy atom. The maximum absolute atomic E-state index is 11.4. The minimum Gasteiger partial charge on any atom is -0.502 e. The molecule has 0 fully saturated rings. The van der Waals surface area contributed by atoms with Crippen LogP contribution in [0.15, 0.2) is 73.6 Å². The first-order valence-corrected chi connectivity index (χ1v) is 8.44. The van der Waals surface area contributed by atoms with Gasteiger partial charge < -0.3 is 13.9 Å². The molecule has 2 aromatic carbocycles. The third-order valence-corrected chi connectivity index (χ3v) is 4.47. The van der Waals surface area contributed by atoms with Crippen molar-refractivity contribution in [3.05, 3.63) is 70.8 Å². The molecule has 0 aliphatic carbocycles. The van der Waals surface area contributed by atoms with Crippen molar-refractivity contribution in [2.45, 2.75) is 11.0 Å². The fourth-order valence-electron chi connectivity index (χ4n) is 2.44. The van der Waals surface area contributed by atoms with E-state index in [0.29, 0.717) is 22.6 Å². The third-order valence-electron chi connectivity index (χ3n) is 3.63. The molecule has 0 spiro atoms. The summed E-state index contributed by atoms with van der Waals surface area (Å²) in [6.07, 6.45) is 1.02. The third kappa shape index (κ3) is 3.14. The minimum absolute atomic E-state index is 0.340. The molecule has 0 saturated carbocycles. The van der Waals surface area contributed by atoms with Gasteiger partial charge in [0.15, 0.2) is 5.75 Å². The van der Waals surface area contributed by atoms with E-state index in [2.05, 4.69) is 10.2 Å². The van der Waals surface area contributed by atoms with Crippen LogP contribution in [0.3, 0.4) is 0 Å². The van der Waals surface area contributed by atoms with Crippen molar-refractivity contribution in [3.8, 4) is 17.2 Å². The molecule has 0 saturated heterocycles. The molecule has 25 heavy (non-hydrogen) atoms. The Morgan fingerprint density at radius 2 is 1.92 bits per heavy atom. The summed E-state index contributed by atoms with van der Waals surface area (Å²) in [5.41, 5.74) is 0.387. The molecule has 0 aliphatic rings. The van der Waals surface area contributed by atoms with Crippen molar-refractivity contribution in [2.75, 3.05) is 0 Å². The molecular formula is C18H12N2O4S. The standard InChI is InChI=1S/C18H12N2O4S/c21-15-8-12(23-9-16(15)22)10-25-18-20-19-17(24-18)14-7-3-5-11-4-1-2-6-13(11)14/h1-9,22H,10H2. The van der Waals surface area contributed by atoms with Gasteiger partial charge in [0.2, 0.25) is 11.3 Å². The number of fused-ring (bicyclic) bond motifs is 1. The van der Waals surface area contributed by atoms with Crippen LogP contribution < -0.4 is 5.43 Å². The molecule has 2 heterocycles. The summed E-state index contributed by atoms with van der Waals surface area (Å²) in [6.45, 7) is 0. The first-order chi connectivity index (χ1) is 12.2. The summed E-state index contributed by atoms with van der Waals surface area (Å²) in [6, 6.07) is 15.1. The summed E-state index contributed by atoms with van der Waals surface area (Å²) < 4.78 is 10.9. The van der Waals surface area contributed by atoms with E-state index in [4.69, 9.17) is 8.83 Å². The number of aromatic nitrogens is 2. The van der Waals surface area contributed by atoms with Crippen molar-refractivity contribution >= 4 is 22.5 Å². The zero-order valence-electron chi connectivity index (χ0n) is 12.9. The number of hydrogen-bond acceptors (Lipinski definition) is 7. The Bertz CT molecular complexity index is 1100. The van der Waals surface area contributed by atoms with E-state index in [0.717, 1.165) is 22.6 Å². The lowest BCUT2D eigenvalue weighted by Gasteiger charge is -2.01. The quantitative estimate of drug-likeness (QED) is 0.558. The fourth-order valence-corrected chi connectivity index (χ4v) is 3.09. The van der Waals surface area contributed by atoms with Gasteiger partial charge in [-0.05, 0) is 16.8 Å². The molecule has 0 aliphatic heterocycles. The van der Waals surface area contributed by atoms with Crippen LogP contribution in [0.2, 0.25) is 0 Å². The second-order valence-corrected chi connectivity index (χ2v) is 6.21. The Hall–Kier alpha value is -3.06. The van der Waals surface area contributed by atoms with Crippen molar-refractivity contribution < 1.29 is 13.9 Å². The summed E-state index contributed by atoms with van der Waals surface area (Å²) >= 11 is 1.25. The molecule has 0 unspecified atom stereocenters. The fraction of sp³-hybridized carbons (Fsp3) is 0.0556. The molecule has 4 aromatic rings. The zero-order chi connectivity index (χ0) is 17.2. The maximum Gasteiger partial charge on any atom is 0.277 e. The predicted octanol–water partition coefficient (Wildman–Crippen LogP) is 3.84. The Morgan fingerprint density at radius 3 is 2.80 bits per heavy atom. The van der Waals surface area contributed by atoms with Gasteiger partial charge in [-0.25, -0.2) is 0 Å². The molecule has 4 rings (SSSR count). The molecule has 7 heteroatoms. The van der Waals surface area contributed by atoms with Gasteiger partial charge in [-0.2, -0.15) is 0 Å². The molecule has 0 bridgehead atoms. The topological polar surface area (TPSA) is 89.4 Å². The Labute approximate surface area is 146 Å². The van der Waals surface area contributed by atoms with Gasteiger partial charge in [0.25, 0.3) is 5.22 Å². The molecule has 2 aromatic heterocycles. The molecule has 6 nitrogen and oxygen atoms in total. The average Bonchev–Trinajstić information content (AvgIpc) is 3.11. The van der Waals surface area contributed by atoms with E-state index in [1.165, 1.54) is 17.8 Å². The number of nitrogens with zero attached hydrogens (tertiary/aromatic N) is 2. The van der Waals surface area contributed by atoms with E-state index >= 15 is 0 Å². The van der Waals surface area contributed by atoms with Gasteiger partial charge in [0, 0.05) is 11.6 Å². The summed E-state index contributed by atoms with van der Waals surface area (Å²) in [7, 11) is 0. The molecule has 0 atom stereocenters. The van der Waals surface area contributed by atoms with Gasteiger partial charge in [-0.15, -0.1) is 10.2 Å². The Balaban J connectivity index is 1.57. The number of rotatable bonds is 4. The lowest BCUT2D eigenvalue weighted by atomic mass is 10.0. The lowest BCUT2D eigenvalue weighted by molar-refractivity contribution is 0.418. The van der Waals surface area contributed by atoms with Gasteiger partial charge in [-0.3, -0.25) is 4.79 Å². The highest BCUT2D eigenvalue weighted by atomic mass is 32.2. The van der Waals surface area contributed by atoms with Crippen molar-refractivity contribution in [1.29, 1.82) is 0 Å². The van der Waals surface area contributed by atoms with Crippen LogP contribution in [0.25, 0.3) is 22.2 Å². The van der Waals surface area contributed by atoms with Crippen LogP contribution in [-0.2, 0) is 5.75 Å². The SMILES string of the molecule is O=c1cc(CSc2nnc(-c3cccc4ccccc34)o2)occ1O. The summed E-state index contributed by atoms with van der Waals surface area (Å²) in [5.74, 6) is 0.779. The summed E-state index contributed by atoms with van der Waals surface area (Å²) in [5, 5.41) is 19.8. The second kappa shape index (κ2) is 6.45. The van der Waals surface area contributed by atoms with Crippen molar-refractivity contribution in [3.63, 3.8) is 0 Å². The van der Waals surface area contributed by atoms with Crippen LogP contribution in [0, 0.1) is 0 Å². The zero-order valence-corrected chi connectivity index (χ0v) is 13.7. The second-order valence-electron chi connectivity index (χ2n) is 5.28. The molecule has 0 radical (unpaired) electrons. The van der Waals surface area contributed by atoms with Crippen LogP contribution in [-0.4, -0.2) is 15.3 Å². The minimum atomic E-state index is -0.483. The van der Waals surface area contributed by atoms with E-state index in [1.807, 2.05) is 42.5 Å². The van der Waals surface area contributed by atoms with Crippen molar-refractivity contribution in [2.24, 2.45) is 0 Å². The van der Waals surface area contributed by atoms with Crippen molar-refractivity contribution in [1.82, 2.24) is 10.2 Å². The molecular weight excluding hydrogens is 340 g/mol. The molecule has 1 N–H and O–H groups in total. The highest BCUT2D eigenvalue weighted by Gasteiger charge is 2.12. The normalized spacial score (nSPS) is 11.0. The number of thioether (sulfide) groups is 1. The number of hydrogen-bond donors (Lipinski definition) is 1. The van der Waals surface area contributed by atoms with E-state index in [-0.39, 0.29) is 0 Å². The average molecular weight is 352 g/mol. The first-order valence-electron chi connectivity index (χ1n) is 7.46. The monoisotopic (exact) mass is 352 g/mol. The maximum atomic E-state index is 11.4. The van der Waals surface area contributed by atoms with E-state index in [9.17, 15) is 9.90 Å². The number of benzene rings is 2. The van der Waals surface area contributed by atoms with Crippen LogP contribution in [0.1, 0.15) is 5.76 Å². The Kier molecular flexibility index (Phi) is 3.99. The van der Waals surface area contributed by atoms with E-state index < -0.39 is 11.2 Å². The summed E-state index contributed by atoms with van der Waals surface area (Å²) in [4.78, 5) is 11.4. The van der Waals surface area contributed by atoms with Crippen LogP contribution in [0.5, 0.6) is 5.75 Å². The molecule has 0 amide bonds. The predicted molar refractivity (Wildman–Crippen MR) is 93.4 cm³/mol. The smallest absolute Gasteiger partial charge is 0.277 e. The molecule has 124 valence electrons.